The van der Waals surface area contributed by atoms with Gasteiger partial charge < -0.3 is 10.5 Å². The van der Waals surface area contributed by atoms with E-state index in [2.05, 4.69) is 13.0 Å². The largest absolute Gasteiger partial charge is 0.457 e. The number of hydrogen-bond acceptors (Lipinski definition) is 2. The van der Waals surface area contributed by atoms with Crippen molar-refractivity contribution in [1.29, 1.82) is 0 Å². The Morgan fingerprint density at radius 2 is 1.80 bits per heavy atom. The van der Waals surface area contributed by atoms with E-state index in [0.29, 0.717) is 0 Å². The lowest BCUT2D eigenvalue weighted by atomic mass is 10.0. The molecule has 0 radical (unpaired) electrons. The van der Waals surface area contributed by atoms with Gasteiger partial charge in [0.25, 0.3) is 0 Å². The van der Waals surface area contributed by atoms with Crippen molar-refractivity contribution in [2.45, 2.75) is 33.2 Å². The summed E-state index contributed by atoms with van der Waals surface area (Å²) in [6, 6.07) is 11.9. The zero-order chi connectivity index (χ0) is 14.7. The summed E-state index contributed by atoms with van der Waals surface area (Å²) in [5.41, 5.74) is 9.27. The van der Waals surface area contributed by atoms with E-state index >= 15 is 0 Å². The zero-order valence-electron chi connectivity index (χ0n) is 12.1. The molecule has 3 heteroatoms. The fraction of sp³-hybridized carbons (Fsp3) is 0.294. The molecule has 2 N–H and O–H groups in total. The Morgan fingerprint density at radius 1 is 1.10 bits per heavy atom. The van der Waals surface area contributed by atoms with Gasteiger partial charge in [0.15, 0.2) is 0 Å². The maximum absolute atomic E-state index is 6.04. The number of rotatable bonds is 4. The van der Waals surface area contributed by atoms with Crippen LogP contribution in [0.15, 0.2) is 36.4 Å². The summed E-state index contributed by atoms with van der Waals surface area (Å²) < 4.78 is 6.04. The van der Waals surface area contributed by atoms with Gasteiger partial charge >= 0.3 is 0 Å². The fourth-order valence-corrected chi connectivity index (χ4v) is 2.39. The molecule has 0 fully saturated rings. The summed E-state index contributed by atoms with van der Waals surface area (Å²) in [6.45, 7) is 6.06. The lowest BCUT2D eigenvalue weighted by Crippen LogP contribution is -2.18. The van der Waals surface area contributed by atoms with Crippen LogP contribution < -0.4 is 10.5 Å². The first-order chi connectivity index (χ1) is 9.45. The molecule has 0 bridgehead atoms. The quantitative estimate of drug-likeness (QED) is 0.890. The van der Waals surface area contributed by atoms with Crippen LogP contribution in [0.3, 0.4) is 0 Å². The van der Waals surface area contributed by atoms with E-state index in [1.165, 1.54) is 5.56 Å². The predicted molar refractivity (Wildman–Crippen MR) is 84.8 cm³/mol. The highest BCUT2D eigenvalue weighted by molar-refractivity contribution is 6.30. The molecule has 2 rings (SSSR count). The minimum absolute atomic E-state index is 0.102. The molecule has 20 heavy (non-hydrogen) atoms. The summed E-state index contributed by atoms with van der Waals surface area (Å²) in [5, 5.41) is 0.717. The molecule has 0 aromatic heterocycles. The molecule has 106 valence electrons. The van der Waals surface area contributed by atoms with Gasteiger partial charge in [0.1, 0.15) is 11.5 Å². The molecule has 0 amide bonds. The molecule has 2 nitrogen and oxygen atoms in total. The second-order valence-electron chi connectivity index (χ2n) is 5.30. The van der Waals surface area contributed by atoms with Crippen molar-refractivity contribution in [2.24, 2.45) is 5.73 Å². The summed E-state index contributed by atoms with van der Waals surface area (Å²) in [4.78, 5) is 0. The lowest BCUT2D eigenvalue weighted by Gasteiger charge is -2.15. The summed E-state index contributed by atoms with van der Waals surface area (Å²) in [5.74, 6) is 1.68. The molecule has 0 aliphatic rings. The van der Waals surface area contributed by atoms with E-state index < -0.39 is 0 Å². The first-order valence-electron chi connectivity index (χ1n) is 6.75. The maximum Gasteiger partial charge on any atom is 0.130 e. The first kappa shape index (κ1) is 14.9. The van der Waals surface area contributed by atoms with Crippen molar-refractivity contribution >= 4 is 11.6 Å². The van der Waals surface area contributed by atoms with Crippen molar-refractivity contribution < 1.29 is 4.74 Å². The Hall–Kier alpha value is -1.51. The summed E-state index contributed by atoms with van der Waals surface area (Å²) in [6.07, 6.45) is 0.795. The number of aryl methyl sites for hydroxylation is 2. The predicted octanol–water partition coefficient (Wildman–Crippen LogP) is 4.64. The van der Waals surface area contributed by atoms with Gasteiger partial charge in [-0.05, 0) is 62.6 Å². The number of halogens is 1. The minimum atomic E-state index is 0.102. The second kappa shape index (κ2) is 6.29. The average Bonchev–Trinajstić information content (AvgIpc) is 2.34. The van der Waals surface area contributed by atoms with Gasteiger partial charge in [-0.1, -0.05) is 29.3 Å². The van der Waals surface area contributed by atoms with Crippen molar-refractivity contribution in [3.63, 3.8) is 0 Å². The molecule has 0 aliphatic carbocycles. The Bertz CT molecular complexity index is 608. The Kier molecular flexibility index (Phi) is 4.69. The zero-order valence-corrected chi connectivity index (χ0v) is 12.9. The van der Waals surface area contributed by atoms with Gasteiger partial charge in [-0.15, -0.1) is 0 Å². The van der Waals surface area contributed by atoms with Gasteiger partial charge in [-0.2, -0.15) is 0 Å². The molecule has 2 aromatic rings. The van der Waals surface area contributed by atoms with Gasteiger partial charge in [0.2, 0.25) is 0 Å². The van der Waals surface area contributed by atoms with E-state index in [1.54, 1.807) is 0 Å². The van der Waals surface area contributed by atoms with Crippen molar-refractivity contribution in [1.82, 2.24) is 0 Å². The van der Waals surface area contributed by atoms with Gasteiger partial charge in [-0.25, -0.2) is 0 Å². The monoisotopic (exact) mass is 289 g/mol. The topological polar surface area (TPSA) is 35.2 Å². The van der Waals surface area contributed by atoms with Crippen LogP contribution in [0.4, 0.5) is 0 Å². The second-order valence-corrected chi connectivity index (χ2v) is 5.74. The van der Waals surface area contributed by atoms with E-state index in [1.807, 2.05) is 44.2 Å². The van der Waals surface area contributed by atoms with Crippen LogP contribution in [-0.4, -0.2) is 6.04 Å². The fourth-order valence-electron chi connectivity index (χ4n) is 2.16. The molecule has 2 aromatic carbocycles. The van der Waals surface area contributed by atoms with E-state index in [-0.39, 0.29) is 6.04 Å². The third kappa shape index (κ3) is 3.75. The SMILES string of the molecule is Cc1ccc(Oc2ccc(Cl)cc2C)c(CC(C)N)c1. The van der Waals surface area contributed by atoms with Gasteiger partial charge in [0.05, 0.1) is 0 Å². The first-order valence-corrected chi connectivity index (χ1v) is 7.12. The molecular formula is C17H20ClNO. The lowest BCUT2D eigenvalue weighted by molar-refractivity contribution is 0.470. The molecule has 0 saturated carbocycles. The summed E-state index contributed by atoms with van der Waals surface area (Å²) >= 11 is 5.97. The van der Waals surface area contributed by atoms with Crippen LogP contribution in [0.2, 0.25) is 5.02 Å². The van der Waals surface area contributed by atoms with Crippen LogP contribution >= 0.6 is 11.6 Å². The standard InChI is InChI=1S/C17H20ClNO/c1-11-4-6-17(14(8-11)10-13(3)19)20-16-7-5-15(18)9-12(16)2/h4-9,13H,10,19H2,1-3H3. The molecule has 0 aliphatic heterocycles. The van der Waals surface area contributed by atoms with Crippen molar-refractivity contribution in [3.05, 3.63) is 58.1 Å². The Morgan fingerprint density at radius 3 is 2.45 bits per heavy atom. The van der Waals surface area contributed by atoms with Crippen molar-refractivity contribution in [3.8, 4) is 11.5 Å². The van der Waals surface area contributed by atoms with Gasteiger partial charge in [-0.3, -0.25) is 0 Å². The minimum Gasteiger partial charge on any atom is -0.457 e. The number of nitrogens with two attached hydrogens (primary N) is 1. The number of benzene rings is 2. The average molecular weight is 290 g/mol. The third-order valence-electron chi connectivity index (χ3n) is 3.11. The van der Waals surface area contributed by atoms with Crippen LogP contribution in [-0.2, 0) is 6.42 Å². The smallest absolute Gasteiger partial charge is 0.130 e. The summed E-state index contributed by atoms with van der Waals surface area (Å²) in [7, 11) is 0. The van der Waals surface area contributed by atoms with Crippen molar-refractivity contribution in [2.75, 3.05) is 0 Å². The number of ether oxygens (including phenoxy) is 1. The highest BCUT2D eigenvalue weighted by Crippen LogP contribution is 2.30. The normalized spacial score (nSPS) is 12.2. The third-order valence-corrected chi connectivity index (χ3v) is 3.35. The van der Waals surface area contributed by atoms with Crippen LogP contribution in [0.5, 0.6) is 11.5 Å². The maximum atomic E-state index is 6.04. The van der Waals surface area contributed by atoms with E-state index in [9.17, 15) is 0 Å². The van der Waals surface area contributed by atoms with E-state index in [0.717, 1.165) is 34.1 Å². The molecule has 0 heterocycles. The molecule has 0 saturated heterocycles. The molecule has 1 unspecified atom stereocenters. The molecule has 0 spiro atoms. The van der Waals surface area contributed by atoms with E-state index in [4.69, 9.17) is 22.1 Å². The molecule has 1 atom stereocenters. The number of hydrogen-bond donors (Lipinski definition) is 1. The van der Waals surface area contributed by atoms with Crippen LogP contribution in [0.1, 0.15) is 23.6 Å². The Balaban J connectivity index is 2.32. The highest BCUT2D eigenvalue weighted by atomic mass is 35.5. The van der Waals surface area contributed by atoms with Gasteiger partial charge in [0, 0.05) is 11.1 Å². The van der Waals surface area contributed by atoms with Crippen LogP contribution in [0, 0.1) is 13.8 Å². The molecular weight excluding hydrogens is 270 g/mol. The van der Waals surface area contributed by atoms with Crippen LogP contribution in [0.25, 0.3) is 0 Å². The Labute approximate surface area is 125 Å². The highest BCUT2D eigenvalue weighted by Gasteiger charge is 2.09.